The number of thioether (sulfide) groups is 1. The van der Waals surface area contributed by atoms with E-state index < -0.39 is 0 Å². The van der Waals surface area contributed by atoms with Crippen LogP contribution in [0.4, 0.5) is 10.1 Å². The average molecular weight is 237 g/mol. The van der Waals surface area contributed by atoms with Crippen molar-refractivity contribution in [2.45, 2.75) is 10.6 Å². The monoisotopic (exact) mass is 237 g/mol. The van der Waals surface area contributed by atoms with Crippen LogP contribution in [0.5, 0.6) is 0 Å². The molecule has 5 heteroatoms. The molecule has 1 heterocycles. The van der Waals surface area contributed by atoms with Gasteiger partial charge in [-0.25, -0.2) is 9.37 Å². The summed E-state index contributed by atoms with van der Waals surface area (Å²) in [4.78, 5) is 4.85. The van der Waals surface area contributed by atoms with Gasteiger partial charge in [-0.3, -0.25) is 0 Å². The molecule has 3 nitrogen and oxygen atoms in total. The Balaban J connectivity index is 2.07. The first-order chi connectivity index (χ1) is 7.65. The number of nitrogen functional groups attached to an aromatic ring is 1. The molecule has 0 aliphatic heterocycles. The third-order valence-corrected chi connectivity index (χ3v) is 3.21. The molecule has 0 radical (unpaired) electrons. The van der Waals surface area contributed by atoms with Gasteiger partial charge in [0.05, 0.1) is 6.33 Å². The molecule has 1 aromatic heterocycles. The predicted molar refractivity (Wildman–Crippen MR) is 63.6 cm³/mol. The lowest BCUT2D eigenvalue weighted by Gasteiger charge is -2.04. The van der Waals surface area contributed by atoms with Crippen molar-refractivity contribution >= 4 is 17.4 Å². The van der Waals surface area contributed by atoms with Crippen LogP contribution in [0.2, 0.25) is 0 Å². The van der Waals surface area contributed by atoms with E-state index in [1.807, 2.05) is 11.6 Å². The topological polar surface area (TPSA) is 43.8 Å². The molecule has 0 fully saturated rings. The normalized spacial score (nSPS) is 10.6. The second kappa shape index (κ2) is 4.57. The second-order valence-electron chi connectivity index (χ2n) is 3.50. The van der Waals surface area contributed by atoms with Crippen LogP contribution in [0.1, 0.15) is 5.69 Å². The minimum absolute atomic E-state index is 0.299. The average Bonchev–Trinajstić information content (AvgIpc) is 2.59. The third-order valence-electron chi connectivity index (χ3n) is 2.20. The van der Waals surface area contributed by atoms with E-state index >= 15 is 0 Å². The molecule has 0 saturated carbocycles. The zero-order valence-corrected chi connectivity index (χ0v) is 9.67. The number of aryl methyl sites for hydroxylation is 1. The van der Waals surface area contributed by atoms with Crippen molar-refractivity contribution in [3.8, 4) is 0 Å². The maximum absolute atomic E-state index is 13.1. The van der Waals surface area contributed by atoms with Crippen molar-refractivity contribution in [2.75, 3.05) is 5.73 Å². The standard InChI is InChI=1S/C11H12FN3S/c1-15-7-14-5-10(15)6-16-11-3-8(12)2-9(13)4-11/h2-5,7H,6,13H2,1H3. The van der Waals surface area contributed by atoms with Gasteiger partial charge in [-0.05, 0) is 18.2 Å². The van der Waals surface area contributed by atoms with E-state index in [4.69, 9.17) is 5.73 Å². The Kier molecular flexibility index (Phi) is 3.14. The molecule has 0 bridgehead atoms. The van der Waals surface area contributed by atoms with Crippen LogP contribution in [0.15, 0.2) is 35.6 Å². The van der Waals surface area contributed by atoms with Crippen LogP contribution < -0.4 is 5.73 Å². The molecule has 0 spiro atoms. The van der Waals surface area contributed by atoms with Gasteiger partial charge in [0.1, 0.15) is 5.82 Å². The van der Waals surface area contributed by atoms with Crippen molar-refractivity contribution in [3.63, 3.8) is 0 Å². The number of nitrogens with two attached hydrogens (primary N) is 1. The fourth-order valence-electron chi connectivity index (χ4n) is 1.35. The zero-order valence-electron chi connectivity index (χ0n) is 8.85. The molecule has 2 N–H and O–H groups in total. The van der Waals surface area contributed by atoms with E-state index in [-0.39, 0.29) is 5.82 Å². The van der Waals surface area contributed by atoms with Crippen molar-refractivity contribution in [1.82, 2.24) is 9.55 Å². The predicted octanol–water partition coefficient (Wildman–Crippen LogP) is 2.43. The summed E-state index contributed by atoms with van der Waals surface area (Å²) in [5, 5.41) is 0. The second-order valence-corrected chi connectivity index (χ2v) is 4.55. The summed E-state index contributed by atoms with van der Waals surface area (Å²) in [5.41, 5.74) is 7.11. The highest BCUT2D eigenvalue weighted by Gasteiger charge is 2.02. The van der Waals surface area contributed by atoms with Crippen LogP contribution in [-0.4, -0.2) is 9.55 Å². The van der Waals surface area contributed by atoms with E-state index in [9.17, 15) is 4.39 Å². The van der Waals surface area contributed by atoms with Crippen LogP contribution in [0.3, 0.4) is 0 Å². The number of hydrogen-bond acceptors (Lipinski definition) is 3. The number of benzene rings is 1. The molecular weight excluding hydrogens is 225 g/mol. The molecule has 1 aromatic carbocycles. The summed E-state index contributed by atoms with van der Waals surface area (Å²) in [6.45, 7) is 0. The van der Waals surface area contributed by atoms with Gasteiger partial charge in [0.15, 0.2) is 0 Å². The summed E-state index contributed by atoms with van der Waals surface area (Å²) in [6.07, 6.45) is 3.55. The van der Waals surface area contributed by atoms with Gasteiger partial charge in [0.2, 0.25) is 0 Å². The van der Waals surface area contributed by atoms with Crippen LogP contribution in [0.25, 0.3) is 0 Å². The van der Waals surface area contributed by atoms with E-state index in [0.29, 0.717) is 5.69 Å². The van der Waals surface area contributed by atoms with Crippen LogP contribution in [-0.2, 0) is 12.8 Å². The van der Waals surface area contributed by atoms with Gasteiger partial charge in [0, 0.05) is 35.3 Å². The summed E-state index contributed by atoms with van der Waals surface area (Å²) in [7, 11) is 1.93. The number of aromatic nitrogens is 2. The van der Waals surface area contributed by atoms with E-state index in [1.54, 1.807) is 18.6 Å². The zero-order chi connectivity index (χ0) is 11.5. The summed E-state index contributed by atoms with van der Waals surface area (Å²) in [5.74, 6) is 0.451. The Labute approximate surface area is 97.5 Å². The summed E-state index contributed by atoms with van der Waals surface area (Å²) >= 11 is 1.54. The lowest BCUT2D eigenvalue weighted by Crippen LogP contribution is -1.92. The van der Waals surface area contributed by atoms with Gasteiger partial charge in [-0.2, -0.15) is 0 Å². The van der Waals surface area contributed by atoms with Gasteiger partial charge in [0.25, 0.3) is 0 Å². The highest BCUT2D eigenvalue weighted by Crippen LogP contribution is 2.25. The molecule has 0 atom stereocenters. The number of imidazole rings is 1. The minimum atomic E-state index is -0.299. The van der Waals surface area contributed by atoms with E-state index in [1.165, 1.54) is 23.9 Å². The highest BCUT2D eigenvalue weighted by atomic mass is 32.2. The first kappa shape index (κ1) is 11.0. The van der Waals surface area contributed by atoms with Crippen molar-refractivity contribution < 1.29 is 4.39 Å². The maximum atomic E-state index is 13.1. The lowest BCUT2D eigenvalue weighted by atomic mass is 10.3. The fourth-order valence-corrected chi connectivity index (χ4v) is 2.36. The SMILES string of the molecule is Cn1cncc1CSc1cc(N)cc(F)c1. The van der Waals surface area contributed by atoms with Crippen molar-refractivity contribution in [2.24, 2.45) is 7.05 Å². The lowest BCUT2D eigenvalue weighted by molar-refractivity contribution is 0.625. The molecule has 2 rings (SSSR count). The molecule has 2 aromatic rings. The molecule has 0 amide bonds. The maximum Gasteiger partial charge on any atom is 0.126 e. The molecule has 0 aliphatic carbocycles. The van der Waals surface area contributed by atoms with E-state index in [2.05, 4.69) is 4.98 Å². The quantitative estimate of drug-likeness (QED) is 0.658. The largest absolute Gasteiger partial charge is 0.399 e. The molecule has 16 heavy (non-hydrogen) atoms. The Morgan fingerprint density at radius 1 is 1.44 bits per heavy atom. The van der Waals surface area contributed by atoms with Crippen molar-refractivity contribution in [1.29, 1.82) is 0 Å². The summed E-state index contributed by atoms with van der Waals surface area (Å²) < 4.78 is 15.0. The van der Waals surface area contributed by atoms with Crippen LogP contribution in [0, 0.1) is 5.82 Å². The van der Waals surface area contributed by atoms with Gasteiger partial charge in [-0.1, -0.05) is 0 Å². The number of nitrogens with zero attached hydrogens (tertiary/aromatic N) is 2. The Morgan fingerprint density at radius 3 is 2.88 bits per heavy atom. The third kappa shape index (κ3) is 2.55. The van der Waals surface area contributed by atoms with Crippen molar-refractivity contribution in [3.05, 3.63) is 42.2 Å². The molecule has 84 valence electrons. The highest BCUT2D eigenvalue weighted by molar-refractivity contribution is 7.98. The molecule has 0 aliphatic rings. The summed E-state index contributed by atoms with van der Waals surface area (Å²) in [6, 6.07) is 4.57. The van der Waals surface area contributed by atoms with Gasteiger partial charge >= 0.3 is 0 Å². The first-order valence-corrected chi connectivity index (χ1v) is 5.78. The Morgan fingerprint density at radius 2 is 2.25 bits per heavy atom. The van der Waals surface area contributed by atoms with Crippen LogP contribution >= 0.6 is 11.8 Å². The number of halogens is 1. The van der Waals surface area contributed by atoms with Gasteiger partial charge < -0.3 is 10.3 Å². The fraction of sp³-hybridized carbons (Fsp3) is 0.182. The van der Waals surface area contributed by atoms with Gasteiger partial charge in [-0.15, -0.1) is 11.8 Å². The Bertz CT molecular complexity index is 475. The molecular formula is C11H12FN3S. The minimum Gasteiger partial charge on any atom is -0.399 e. The number of hydrogen-bond donors (Lipinski definition) is 1. The number of rotatable bonds is 3. The molecule has 0 unspecified atom stereocenters. The first-order valence-electron chi connectivity index (χ1n) is 4.79. The Hall–Kier alpha value is -1.49. The number of anilines is 1. The molecule has 0 saturated heterocycles. The smallest absolute Gasteiger partial charge is 0.126 e. The van der Waals surface area contributed by atoms with E-state index in [0.717, 1.165) is 16.3 Å².